The molecule has 0 aromatic heterocycles. The van der Waals surface area contributed by atoms with Gasteiger partial charge in [0.05, 0.1) is 16.8 Å². The average molecular weight is 399 g/mol. The monoisotopic (exact) mass is 398 g/mol. The number of hydrogen-bond acceptors (Lipinski definition) is 7. The third-order valence-electron chi connectivity index (χ3n) is 4.90. The summed E-state index contributed by atoms with van der Waals surface area (Å²) in [5, 5.41) is 9.64. The standard InChI is InChI=1S/C19H27ClN2O5/c1-11(23)3-6-22-7-4-13(5-8-22)27-19(24)14-9-15(20)16(21)18-17(14)25-10-12(2)26-18/h9,11-13,23H,3-8,10,21H2,1-2H3. The zero-order chi connectivity index (χ0) is 19.6. The Morgan fingerprint density at radius 3 is 2.81 bits per heavy atom. The lowest BCUT2D eigenvalue weighted by Crippen LogP contribution is -2.39. The molecule has 1 fully saturated rings. The van der Waals surface area contributed by atoms with Crippen molar-refractivity contribution in [3.63, 3.8) is 0 Å². The summed E-state index contributed by atoms with van der Waals surface area (Å²) in [5.41, 5.74) is 6.48. The number of anilines is 1. The first kappa shape index (κ1) is 20.0. The van der Waals surface area contributed by atoms with Crippen molar-refractivity contribution in [2.75, 3.05) is 32.0 Å². The van der Waals surface area contributed by atoms with Crippen LogP contribution in [0, 0.1) is 0 Å². The number of carbonyl (C=O) groups is 1. The lowest BCUT2D eigenvalue weighted by Gasteiger charge is -2.32. The number of halogens is 1. The van der Waals surface area contributed by atoms with Gasteiger partial charge in [-0.15, -0.1) is 0 Å². The van der Waals surface area contributed by atoms with Crippen molar-refractivity contribution in [3.8, 4) is 11.5 Å². The number of aliphatic hydroxyl groups is 1. The van der Waals surface area contributed by atoms with E-state index >= 15 is 0 Å². The zero-order valence-corrected chi connectivity index (χ0v) is 16.5. The van der Waals surface area contributed by atoms with Crippen LogP contribution in [0.5, 0.6) is 11.5 Å². The Bertz CT molecular complexity index is 689. The number of nitrogens with zero attached hydrogens (tertiary/aromatic N) is 1. The number of ether oxygens (including phenoxy) is 3. The predicted molar refractivity (Wildman–Crippen MR) is 103 cm³/mol. The molecule has 0 bridgehead atoms. The van der Waals surface area contributed by atoms with Gasteiger partial charge in [-0.05, 0) is 39.2 Å². The predicted octanol–water partition coefficient (Wildman–Crippen LogP) is 2.47. The van der Waals surface area contributed by atoms with E-state index in [2.05, 4.69) is 4.90 Å². The first-order valence-electron chi connectivity index (χ1n) is 9.38. The van der Waals surface area contributed by atoms with E-state index in [0.717, 1.165) is 38.9 Å². The van der Waals surface area contributed by atoms with Crippen LogP contribution in [0.25, 0.3) is 0 Å². The third-order valence-corrected chi connectivity index (χ3v) is 5.21. The van der Waals surface area contributed by atoms with Crippen molar-refractivity contribution in [2.45, 2.75) is 51.4 Å². The van der Waals surface area contributed by atoms with Gasteiger partial charge in [0.15, 0.2) is 11.5 Å². The highest BCUT2D eigenvalue weighted by Gasteiger charge is 2.30. The van der Waals surface area contributed by atoms with E-state index in [1.807, 2.05) is 6.92 Å². The molecule has 7 nitrogen and oxygen atoms in total. The molecule has 2 atom stereocenters. The summed E-state index contributed by atoms with van der Waals surface area (Å²) in [6, 6.07) is 1.48. The number of piperidine rings is 1. The Morgan fingerprint density at radius 2 is 2.15 bits per heavy atom. The second-order valence-electron chi connectivity index (χ2n) is 7.30. The van der Waals surface area contributed by atoms with E-state index in [0.29, 0.717) is 18.1 Å². The minimum atomic E-state index is -0.478. The lowest BCUT2D eigenvalue weighted by molar-refractivity contribution is 0.00923. The van der Waals surface area contributed by atoms with Gasteiger partial charge in [0, 0.05) is 19.6 Å². The first-order valence-corrected chi connectivity index (χ1v) is 9.75. The summed E-state index contributed by atoms with van der Waals surface area (Å²) in [7, 11) is 0. The molecule has 0 saturated carbocycles. The summed E-state index contributed by atoms with van der Waals surface area (Å²) < 4.78 is 17.1. The molecule has 0 radical (unpaired) electrons. The van der Waals surface area contributed by atoms with Gasteiger partial charge in [-0.25, -0.2) is 4.79 Å². The molecule has 27 heavy (non-hydrogen) atoms. The molecule has 3 N–H and O–H groups in total. The van der Waals surface area contributed by atoms with Gasteiger partial charge < -0.3 is 30.0 Å². The third kappa shape index (κ3) is 4.78. The van der Waals surface area contributed by atoms with Gasteiger partial charge in [-0.3, -0.25) is 0 Å². The topological polar surface area (TPSA) is 94.3 Å². The molecule has 150 valence electrons. The van der Waals surface area contributed by atoms with Crippen molar-refractivity contribution in [1.29, 1.82) is 0 Å². The second kappa shape index (κ2) is 8.54. The number of hydrogen-bond donors (Lipinski definition) is 2. The van der Waals surface area contributed by atoms with Crippen LogP contribution < -0.4 is 15.2 Å². The fraction of sp³-hybridized carbons (Fsp3) is 0.632. The molecule has 2 aliphatic heterocycles. The van der Waals surface area contributed by atoms with E-state index < -0.39 is 5.97 Å². The number of fused-ring (bicyclic) bond motifs is 1. The Labute approximate surface area is 164 Å². The molecule has 1 aromatic rings. The molecule has 2 aliphatic rings. The van der Waals surface area contributed by atoms with Crippen LogP contribution in [0.1, 0.15) is 43.5 Å². The SMILES string of the molecule is CC(O)CCN1CCC(OC(=O)c2cc(Cl)c(N)c3c2OCC(C)O3)CC1. The fourth-order valence-corrected chi connectivity index (χ4v) is 3.50. The molecule has 1 saturated heterocycles. The number of nitrogen functional groups attached to an aromatic ring is 1. The maximum Gasteiger partial charge on any atom is 0.342 e. The Balaban J connectivity index is 1.64. The summed E-state index contributed by atoms with van der Waals surface area (Å²) in [5.74, 6) is 0.129. The molecule has 0 spiro atoms. The van der Waals surface area contributed by atoms with Gasteiger partial charge in [0.2, 0.25) is 0 Å². The van der Waals surface area contributed by atoms with Crippen molar-refractivity contribution in [1.82, 2.24) is 4.90 Å². The summed E-state index contributed by atoms with van der Waals surface area (Å²) in [6.07, 6.45) is 1.63. The van der Waals surface area contributed by atoms with Gasteiger partial charge in [-0.1, -0.05) is 11.6 Å². The summed E-state index contributed by atoms with van der Waals surface area (Å²) in [4.78, 5) is 15.0. The fourth-order valence-electron chi connectivity index (χ4n) is 3.31. The molecule has 2 heterocycles. The largest absolute Gasteiger partial charge is 0.485 e. The summed E-state index contributed by atoms with van der Waals surface area (Å²) >= 11 is 6.17. The maximum absolute atomic E-state index is 12.7. The minimum absolute atomic E-state index is 0.157. The quantitative estimate of drug-likeness (QED) is 0.581. The molecule has 0 aliphatic carbocycles. The maximum atomic E-state index is 12.7. The van der Waals surface area contributed by atoms with E-state index in [-0.39, 0.29) is 34.6 Å². The number of rotatable bonds is 5. The molecule has 2 unspecified atom stereocenters. The lowest BCUT2D eigenvalue weighted by atomic mass is 10.1. The normalized spacial score (nSPS) is 21.7. The van der Waals surface area contributed by atoms with E-state index in [4.69, 9.17) is 31.5 Å². The van der Waals surface area contributed by atoms with E-state index in [1.54, 1.807) is 6.92 Å². The Morgan fingerprint density at radius 1 is 1.44 bits per heavy atom. The van der Waals surface area contributed by atoms with Crippen LogP contribution >= 0.6 is 11.6 Å². The van der Waals surface area contributed by atoms with Crippen molar-refractivity contribution in [3.05, 3.63) is 16.7 Å². The average Bonchev–Trinajstić information content (AvgIpc) is 2.64. The molecule has 0 amide bonds. The van der Waals surface area contributed by atoms with Crippen molar-refractivity contribution >= 4 is 23.3 Å². The molecule has 8 heteroatoms. The van der Waals surface area contributed by atoms with Crippen LogP contribution in [0.15, 0.2) is 6.07 Å². The number of likely N-dealkylation sites (tertiary alicyclic amines) is 1. The first-order chi connectivity index (χ1) is 12.8. The van der Waals surface area contributed by atoms with Gasteiger partial charge in [-0.2, -0.15) is 0 Å². The van der Waals surface area contributed by atoms with Crippen LogP contribution in [0.4, 0.5) is 5.69 Å². The highest BCUT2D eigenvalue weighted by atomic mass is 35.5. The number of aliphatic hydroxyl groups excluding tert-OH is 1. The summed E-state index contributed by atoms with van der Waals surface area (Å²) in [6.45, 7) is 6.50. The van der Waals surface area contributed by atoms with Crippen LogP contribution in [0.2, 0.25) is 5.02 Å². The van der Waals surface area contributed by atoms with E-state index in [1.165, 1.54) is 6.07 Å². The highest BCUT2D eigenvalue weighted by molar-refractivity contribution is 6.34. The molecular formula is C19H27ClN2O5. The number of esters is 1. The second-order valence-corrected chi connectivity index (χ2v) is 7.71. The smallest absolute Gasteiger partial charge is 0.342 e. The zero-order valence-electron chi connectivity index (χ0n) is 15.7. The number of nitrogens with two attached hydrogens (primary N) is 1. The van der Waals surface area contributed by atoms with Gasteiger partial charge >= 0.3 is 5.97 Å². The Kier molecular flexibility index (Phi) is 6.34. The molecule has 1 aromatic carbocycles. The highest BCUT2D eigenvalue weighted by Crippen LogP contribution is 2.44. The van der Waals surface area contributed by atoms with Crippen molar-refractivity contribution in [2.24, 2.45) is 0 Å². The number of carbonyl (C=O) groups excluding carboxylic acids is 1. The van der Waals surface area contributed by atoms with Crippen LogP contribution in [-0.2, 0) is 4.74 Å². The minimum Gasteiger partial charge on any atom is -0.485 e. The van der Waals surface area contributed by atoms with Crippen LogP contribution in [0.3, 0.4) is 0 Å². The molecular weight excluding hydrogens is 372 g/mol. The van der Waals surface area contributed by atoms with E-state index in [9.17, 15) is 9.90 Å². The van der Waals surface area contributed by atoms with Gasteiger partial charge in [0.25, 0.3) is 0 Å². The Hall–Kier alpha value is -1.70. The van der Waals surface area contributed by atoms with Crippen molar-refractivity contribution < 1.29 is 24.1 Å². The van der Waals surface area contributed by atoms with Crippen LogP contribution in [-0.4, -0.2) is 60.5 Å². The van der Waals surface area contributed by atoms with Gasteiger partial charge in [0.1, 0.15) is 24.4 Å². The number of benzene rings is 1. The molecule has 3 rings (SSSR count).